The van der Waals surface area contributed by atoms with E-state index >= 15 is 0 Å². The molecule has 12 nitrogen and oxygen atoms in total. The van der Waals surface area contributed by atoms with Gasteiger partial charge >= 0.3 is 0 Å². The van der Waals surface area contributed by atoms with Crippen LogP contribution in [0.4, 0.5) is 0 Å². The van der Waals surface area contributed by atoms with Gasteiger partial charge in [0.25, 0.3) is 0 Å². The van der Waals surface area contributed by atoms with Crippen LogP contribution in [0.15, 0.2) is 48.5 Å². The Balaban J connectivity index is 1.44. The molecule has 0 bridgehead atoms. The Morgan fingerprint density at radius 2 is 1.31 bits per heavy atom. The fraction of sp³-hybridized carbons (Fsp3) is 0.250. The molecule has 12 heteroatoms. The van der Waals surface area contributed by atoms with E-state index in [9.17, 15) is 50.1 Å². The van der Waals surface area contributed by atoms with Crippen molar-refractivity contribution in [3.05, 3.63) is 104 Å². The standard InChI is InChI=1S/C36H30O12/c1-12-9-18-24(20(38)10-12)31(43)25-17(35(18)48-36-34(46)33(45)28(40)14(3)47-36)8-7-16(29(25)41)22-13(2)11-21(39)26-27(22)30(42)15-5-4-6-19(37)23(15)32(26)44/h4-11,14,28,33-41,45-46H,1-3H3/t14-,28-,33+,34-,35?,36+/m1/s1. The van der Waals surface area contributed by atoms with E-state index in [-0.39, 0.29) is 61.2 Å². The highest BCUT2D eigenvalue weighted by atomic mass is 16.7. The summed E-state index contributed by atoms with van der Waals surface area (Å²) in [5.41, 5.74) is -0.366. The average molecular weight is 655 g/mol. The zero-order chi connectivity index (χ0) is 34.5. The predicted octanol–water partition coefficient (Wildman–Crippen LogP) is 3.05. The second-order valence-electron chi connectivity index (χ2n) is 12.4. The van der Waals surface area contributed by atoms with Gasteiger partial charge in [-0.15, -0.1) is 0 Å². The van der Waals surface area contributed by atoms with E-state index < -0.39 is 77.2 Å². The van der Waals surface area contributed by atoms with Gasteiger partial charge in [0, 0.05) is 33.4 Å². The SMILES string of the molecule is Cc1cc(O)c2c(c1)C(O[C@@H]1O[C@H](C)[C@@H](O)[C@H](O)[C@H]1O)c1ccc(-c3c(C)cc(O)c4c3C(=O)c3cccc(O)c3C4=O)c(O)c1C2=O. The summed E-state index contributed by atoms with van der Waals surface area (Å²) in [6.45, 7) is 4.70. The molecule has 0 saturated carbocycles. The van der Waals surface area contributed by atoms with Crippen LogP contribution < -0.4 is 0 Å². The Labute approximate surface area is 272 Å². The number of aryl methyl sites for hydroxylation is 2. The van der Waals surface area contributed by atoms with Gasteiger partial charge < -0.3 is 45.2 Å². The van der Waals surface area contributed by atoms with E-state index in [4.69, 9.17) is 9.47 Å². The van der Waals surface area contributed by atoms with Crippen LogP contribution in [-0.4, -0.2) is 83.8 Å². The Morgan fingerprint density at radius 3 is 2.04 bits per heavy atom. The lowest BCUT2D eigenvalue weighted by Crippen LogP contribution is -2.57. The summed E-state index contributed by atoms with van der Waals surface area (Å²) in [5, 5.41) is 75.5. The number of ether oxygens (including phenoxy) is 2. The zero-order valence-corrected chi connectivity index (χ0v) is 25.8. The van der Waals surface area contributed by atoms with Crippen molar-refractivity contribution >= 4 is 17.3 Å². The van der Waals surface area contributed by atoms with Gasteiger partial charge in [-0.3, -0.25) is 14.4 Å². The van der Waals surface area contributed by atoms with Crippen LogP contribution >= 0.6 is 0 Å². The largest absolute Gasteiger partial charge is 0.507 e. The molecule has 4 aromatic rings. The fourth-order valence-electron chi connectivity index (χ4n) is 7.05. The molecule has 4 aromatic carbocycles. The lowest BCUT2D eigenvalue weighted by atomic mass is 9.76. The van der Waals surface area contributed by atoms with Crippen molar-refractivity contribution in [2.75, 3.05) is 0 Å². The molecule has 0 spiro atoms. The van der Waals surface area contributed by atoms with Crippen LogP contribution in [-0.2, 0) is 9.47 Å². The number of carbonyl (C=O) groups excluding carboxylic acids is 3. The molecule has 7 N–H and O–H groups in total. The van der Waals surface area contributed by atoms with Crippen molar-refractivity contribution in [1.82, 2.24) is 0 Å². The van der Waals surface area contributed by atoms with E-state index in [0.717, 1.165) is 0 Å². The maximum Gasteiger partial charge on any atom is 0.201 e. The first-order valence-corrected chi connectivity index (χ1v) is 15.1. The minimum atomic E-state index is -1.70. The van der Waals surface area contributed by atoms with Crippen LogP contribution in [0.2, 0.25) is 0 Å². The average Bonchev–Trinajstić information content (AvgIpc) is 3.02. The Kier molecular flexibility index (Phi) is 7.20. The maximum absolute atomic E-state index is 14.1. The normalized spacial score (nSPS) is 24.5. The summed E-state index contributed by atoms with van der Waals surface area (Å²) in [7, 11) is 0. The van der Waals surface area contributed by atoms with Crippen molar-refractivity contribution in [2.45, 2.75) is 57.6 Å². The van der Waals surface area contributed by atoms with Gasteiger partial charge in [-0.1, -0.05) is 30.3 Å². The molecule has 0 aromatic heterocycles. The van der Waals surface area contributed by atoms with Crippen LogP contribution in [0, 0.1) is 13.8 Å². The summed E-state index contributed by atoms with van der Waals surface area (Å²) in [6, 6.07) is 11.0. The topological polar surface area (TPSA) is 211 Å². The minimum Gasteiger partial charge on any atom is -0.507 e. The quantitative estimate of drug-likeness (QED) is 0.150. The number of fused-ring (bicyclic) bond motifs is 4. The van der Waals surface area contributed by atoms with Crippen LogP contribution in [0.25, 0.3) is 11.1 Å². The molecule has 6 atom stereocenters. The maximum atomic E-state index is 14.1. The highest BCUT2D eigenvalue weighted by molar-refractivity contribution is 6.32. The summed E-state index contributed by atoms with van der Waals surface area (Å²) in [4.78, 5) is 41.6. The van der Waals surface area contributed by atoms with Gasteiger partial charge in [0.05, 0.1) is 28.4 Å². The summed E-state index contributed by atoms with van der Waals surface area (Å²) in [6.07, 6.45) is -8.44. The monoisotopic (exact) mass is 654 g/mol. The van der Waals surface area contributed by atoms with Crippen molar-refractivity contribution in [1.29, 1.82) is 0 Å². The number of aliphatic hydroxyl groups is 3. The number of aromatic hydroxyl groups is 4. The molecular formula is C36H30O12. The molecular weight excluding hydrogens is 624 g/mol. The molecule has 246 valence electrons. The Morgan fingerprint density at radius 1 is 0.625 bits per heavy atom. The lowest BCUT2D eigenvalue weighted by molar-refractivity contribution is -0.301. The molecule has 1 fully saturated rings. The molecule has 0 amide bonds. The van der Waals surface area contributed by atoms with Gasteiger partial charge in [-0.05, 0) is 50.1 Å². The number of ketones is 3. The van der Waals surface area contributed by atoms with Gasteiger partial charge in [0.15, 0.2) is 12.1 Å². The highest BCUT2D eigenvalue weighted by Crippen LogP contribution is 2.50. The van der Waals surface area contributed by atoms with Crippen molar-refractivity contribution in [3.63, 3.8) is 0 Å². The number of phenolic OH excluding ortho intramolecular Hbond substituents is 4. The smallest absolute Gasteiger partial charge is 0.201 e. The summed E-state index contributed by atoms with van der Waals surface area (Å²) < 4.78 is 11.9. The van der Waals surface area contributed by atoms with Gasteiger partial charge in [0.2, 0.25) is 11.6 Å². The number of aliphatic hydroxyl groups excluding tert-OH is 3. The van der Waals surface area contributed by atoms with Gasteiger partial charge in [-0.25, -0.2) is 0 Å². The second-order valence-corrected chi connectivity index (χ2v) is 12.4. The molecule has 0 radical (unpaired) electrons. The van der Waals surface area contributed by atoms with Crippen molar-refractivity contribution in [2.24, 2.45) is 0 Å². The number of hydrogen-bond acceptors (Lipinski definition) is 12. The zero-order valence-electron chi connectivity index (χ0n) is 25.8. The van der Waals surface area contributed by atoms with Crippen LogP contribution in [0.1, 0.15) is 83.0 Å². The van der Waals surface area contributed by atoms with E-state index in [2.05, 4.69) is 0 Å². The molecule has 48 heavy (non-hydrogen) atoms. The first kappa shape index (κ1) is 31.5. The molecule has 7 rings (SSSR count). The number of rotatable bonds is 3. The van der Waals surface area contributed by atoms with E-state index in [1.54, 1.807) is 19.9 Å². The predicted molar refractivity (Wildman–Crippen MR) is 166 cm³/mol. The third kappa shape index (κ3) is 4.38. The number of phenols is 4. The van der Waals surface area contributed by atoms with Gasteiger partial charge in [0.1, 0.15) is 47.4 Å². The van der Waals surface area contributed by atoms with Crippen LogP contribution in [0.3, 0.4) is 0 Å². The Hall–Kier alpha value is -5.11. The highest BCUT2D eigenvalue weighted by Gasteiger charge is 2.46. The minimum absolute atomic E-state index is 0.0458. The van der Waals surface area contributed by atoms with Crippen LogP contribution in [0.5, 0.6) is 23.0 Å². The van der Waals surface area contributed by atoms with E-state index in [1.807, 2.05) is 0 Å². The Bertz CT molecular complexity index is 2100. The molecule has 2 aliphatic carbocycles. The fourth-order valence-corrected chi connectivity index (χ4v) is 7.05. The molecule has 1 saturated heterocycles. The van der Waals surface area contributed by atoms with Gasteiger partial charge in [-0.2, -0.15) is 0 Å². The van der Waals surface area contributed by atoms with E-state index in [0.29, 0.717) is 5.56 Å². The molecule has 1 aliphatic heterocycles. The molecule has 3 aliphatic rings. The first-order valence-electron chi connectivity index (χ1n) is 15.1. The summed E-state index contributed by atoms with van der Waals surface area (Å²) in [5.74, 6) is -4.28. The van der Waals surface area contributed by atoms with Crippen molar-refractivity contribution < 1.29 is 59.6 Å². The van der Waals surface area contributed by atoms with Crippen molar-refractivity contribution in [3.8, 4) is 34.1 Å². The van der Waals surface area contributed by atoms with E-state index in [1.165, 1.54) is 49.4 Å². The third-order valence-corrected chi connectivity index (χ3v) is 9.34. The molecule has 1 heterocycles. The number of benzene rings is 4. The molecule has 1 unspecified atom stereocenters. The lowest BCUT2D eigenvalue weighted by Gasteiger charge is -2.41. The number of carbonyl (C=O) groups is 3. The third-order valence-electron chi connectivity index (χ3n) is 9.34. The number of hydrogen-bond donors (Lipinski definition) is 7. The second kappa shape index (κ2) is 11.0. The summed E-state index contributed by atoms with van der Waals surface area (Å²) >= 11 is 0. The first-order chi connectivity index (χ1) is 22.7.